The monoisotopic (exact) mass is 283 g/mol. The fourth-order valence-electron chi connectivity index (χ4n) is 2.02. The molecule has 1 amide bonds. The molecule has 0 fully saturated rings. The number of carbonyl (C=O) groups is 2. The van der Waals surface area contributed by atoms with Crippen molar-refractivity contribution in [1.29, 1.82) is 0 Å². The van der Waals surface area contributed by atoms with Crippen LogP contribution in [0.25, 0.3) is 0 Å². The minimum atomic E-state index is -0.414. The van der Waals surface area contributed by atoms with Gasteiger partial charge in [0.05, 0.1) is 5.69 Å². The molecule has 2 aromatic rings. The molecule has 2 rings (SSSR count). The van der Waals surface area contributed by atoms with Crippen molar-refractivity contribution in [2.45, 2.75) is 13.8 Å². The number of anilines is 1. The van der Waals surface area contributed by atoms with E-state index in [0.29, 0.717) is 17.0 Å². The van der Waals surface area contributed by atoms with Gasteiger partial charge >= 0.3 is 5.97 Å². The summed E-state index contributed by atoms with van der Waals surface area (Å²) in [6, 6.07) is 14.4. The van der Waals surface area contributed by atoms with Crippen LogP contribution < -0.4 is 9.64 Å². The van der Waals surface area contributed by atoms with Gasteiger partial charge in [0.2, 0.25) is 0 Å². The molecule has 0 atom stereocenters. The second kappa shape index (κ2) is 6.22. The van der Waals surface area contributed by atoms with E-state index < -0.39 is 5.97 Å². The van der Waals surface area contributed by atoms with Crippen LogP contribution in [0.2, 0.25) is 0 Å². The number of hydrogen-bond donors (Lipinski definition) is 0. The van der Waals surface area contributed by atoms with Crippen LogP contribution in [0.5, 0.6) is 5.75 Å². The lowest BCUT2D eigenvalue weighted by Gasteiger charge is -2.20. The first-order chi connectivity index (χ1) is 9.99. The van der Waals surface area contributed by atoms with Gasteiger partial charge in [0.15, 0.2) is 5.75 Å². The zero-order valence-electron chi connectivity index (χ0n) is 12.3. The summed E-state index contributed by atoms with van der Waals surface area (Å²) < 4.78 is 5.20. The predicted octanol–water partition coefficient (Wildman–Crippen LogP) is 3.20. The summed E-state index contributed by atoms with van der Waals surface area (Å²) in [5, 5.41) is 0. The van der Waals surface area contributed by atoms with Gasteiger partial charge in [0, 0.05) is 19.5 Å². The summed E-state index contributed by atoms with van der Waals surface area (Å²) in [5.41, 5.74) is 2.09. The second-order valence-electron chi connectivity index (χ2n) is 4.80. The molecule has 0 radical (unpaired) electrons. The summed E-state index contributed by atoms with van der Waals surface area (Å²) >= 11 is 0. The smallest absolute Gasteiger partial charge is 0.308 e. The number of nitrogens with zero attached hydrogens (tertiary/aromatic N) is 1. The van der Waals surface area contributed by atoms with Gasteiger partial charge in [-0.3, -0.25) is 9.59 Å². The molecule has 21 heavy (non-hydrogen) atoms. The van der Waals surface area contributed by atoms with E-state index in [-0.39, 0.29) is 5.91 Å². The average Bonchev–Trinajstić information content (AvgIpc) is 2.46. The van der Waals surface area contributed by atoms with Crippen molar-refractivity contribution in [1.82, 2.24) is 0 Å². The third-order valence-corrected chi connectivity index (χ3v) is 3.06. The maximum Gasteiger partial charge on any atom is 0.308 e. The Morgan fingerprint density at radius 3 is 2.33 bits per heavy atom. The van der Waals surface area contributed by atoms with Crippen molar-refractivity contribution in [3.8, 4) is 5.75 Å². The number of hydrogen-bond acceptors (Lipinski definition) is 3. The highest BCUT2D eigenvalue weighted by Crippen LogP contribution is 2.29. The van der Waals surface area contributed by atoms with Crippen LogP contribution in [0.15, 0.2) is 48.5 Å². The zero-order chi connectivity index (χ0) is 15.4. The zero-order valence-corrected chi connectivity index (χ0v) is 12.3. The van der Waals surface area contributed by atoms with Gasteiger partial charge in [0.1, 0.15) is 0 Å². The molecule has 4 nitrogen and oxygen atoms in total. The maximum atomic E-state index is 12.5. The summed E-state index contributed by atoms with van der Waals surface area (Å²) in [4.78, 5) is 25.1. The average molecular weight is 283 g/mol. The van der Waals surface area contributed by atoms with Crippen LogP contribution in [0.4, 0.5) is 5.69 Å². The molecule has 0 aromatic heterocycles. The summed E-state index contributed by atoms with van der Waals surface area (Å²) in [7, 11) is 1.66. The Hall–Kier alpha value is -2.62. The van der Waals surface area contributed by atoms with Gasteiger partial charge in [-0.25, -0.2) is 0 Å². The van der Waals surface area contributed by atoms with Gasteiger partial charge in [-0.2, -0.15) is 0 Å². The Bertz CT molecular complexity index is 665. The lowest BCUT2D eigenvalue weighted by Crippen LogP contribution is -2.27. The number of benzene rings is 2. The molecule has 0 aliphatic carbocycles. The molecule has 4 heteroatoms. The van der Waals surface area contributed by atoms with Crippen molar-refractivity contribution in [2.24, 2.45) is 0 Å². The lowest BCUT2D eigenvalue weighted by atomic mass is 10.1. The van der Waals surface area contributed by atoms with E-state index in [9.17, 15) is 9.59 Å². The van der Waals surface area contributed by atoms with Crippen LogP contribution in [-0.4, -0.2) is 18.9 Å². The number of rotatable bonds is 3. The molecule has 0 heterocycles. The van der Waals surface area contributed by atoms with Crippen molar-refractivity contribution >= 4 is 17.6 Å². The normalized spacial score (nSPS) is 10.0. The Kier molecular flexibility index (Phi) is 4.38. The Morgan fingerprint density at radius 2 is 1.71 bits per heavy atom. The van der Waals surface area contributed by atoms with E-state index in [2.05, 4.69) is 0 Å². The maximum absolute atomic E-state index is 12.5. The Balaban J connectivity index is 2.36. The first-order valence-electron chi connectivity index (χ1n) is 6.61. The van der Waals surface area contributed by atoms with Crippen LogP contribution in [-0.2, 0) is 4.79 Å². The molecular formula is C17H17NO3. The topological polar surface area (TPSA) is 46.6 Å². The fourth-order valence-corrected chi connectivity index (χ4v) is 2.02. The number of amides is 1. The van der Waals surface area contributed by atoms with Crippen molar-refractivity contribution in [2.75, 3.05) is 11.9 Å². The van der Waals surface area contributed by atoms with Gasteiger partial charge < -0.3 is 9.64 Å². The number of ether oxygens (including phenoxy) is 1. The van der Waals surface area contributed by atoms with Gasteiger partial charge in [-0.1, -0.05) is 24.3 Å². The van der Waals surface area contributed by atoms with Crippen LogP contribution in [0, 0.1) is 6.92 Å². The Labute approximate surface area is 124 Å². The standard InChI is InChI=1S/C17H17NO3/c1-12-9-10-15(16(11-12)21-13(2)19)18(3)17(20)14-7-5-4-6-8-14/h4-11H,1-3H3. The Morgan fingerprint density at radius 1 is 1.05 bits per heavy atom. The third kappa shape index (κ3) is 3.48. The van der Waals surface area contributed by atoms with E-state index in [1.807, 2.05) is 31.2 Å². The summed E-state index contributed by atoms with van der Waals surface area (Å²) in [5.74, 6) is -0.190. The van der Waals surface area contributed by atoms with Gasteiger partial charge in [-0.05, 0) is 36.8 Å². The largest absolute Gasteiger partial charge is 0.424 e. The first kappa shape index (κ1) is 14.8. The van der Waals surface area contributed by atoms with E-state index in [1.54, 1.807) is 31.3 Å². The molecule has 0 N–H and O–H groups in total. The molecule has 0 bridgehead atoms. The number of carbonyl (C=O) groups excluding carboxylic acids is 2. The van der Waals surface area contributed by atoms with E-state index in [4.69, 9.17) is 4.74 Å². The molecule has 0 spiro atoms. The van der Waals surface area contributed by atoms with Gasteiger partial charge in [-0.15, -0.1) is 0 Å². The van der Waals surface area contributed by atoms with Crippen molar-refractivity contribution < 1.29 is 14.3 Å². The summed E-state index contributed by atoms with van der Waals surface area (Å²) in [6.45, 7) is 3.24. The summed E-state index contributed by atoms with van der Waals surface area (Å²) in [6.07, 6.45) is 0. The van der Waals surface area contributed by atoms with Crippen molar-refractivity contribution in [3.05, 3.63) is 59.7 Å². The fraction of sp³-hybridized carbons (Fsp3) is 0.176. The SMILES string of the molecule is CC(=O)Oc1cc(C)ccc1N(C)C(=O)c1ccccc1. The highest BCUT2D eigenvalue weighted by molar-refractivity contribution is 6.06. The molecule has 0 aliphatic heterocycles. The molecule has 0 saturated carbocycles. The first-order valence-corrected chi connectivity index (χ1v) is 6.61. The second-order valence-corrected chi connectivity index (χ2v) is 4.80. The molecule has 2 aromatic carbocycles. The van der Waals surface area contributed by atoms with Crippen LogP contribution >= 0.6 is 0 Å². The third-order valence-electron chi connectivity index (χ3n) is 3.06. The molecule has 0 aliphatic rings. The van der Waals surface area contributed by atoms with Crippen LogP contribution in [0.1, 0.15) is 22.8 Å². The van der Waals surface area contributed by atoms with Crippen LogP contribution in [0.3, 0.4) is 0 Å². The molecule has 0 saturated heterocycles. The van der Waals surface area contributed by atoms with Gasteiger partial charge in [0.25, 0.3) is 5.91 Å². The minimum absolute atomic E-state index is 0.159. The minimum Gasteiger partial charge on any atom is -0.424 e. The van der Waals surface area contributed by atoms with Crippen molar-refractivity contribution in [3.63, 3.8) is 0 Å². The predicted molar refractivity (Wildman–Crippen MR) is 81.7 cm³/mol. The highest BCUT2D eigenvalue weighted by atomic mass is 16.5. The number of aryl methyl sites for hydroxylation is 1. The molecule has 0 unspecified atom stereocenters. The van der Waals surface area contributed by atoms with E-state index >= 15 is 0 Å². The lowest BCUT2D eigenvalue weighted by molar-refractivity contribution is -0.131. The number of esters is 1. The van der Waals surface area contributed by atoms with E-state index in [1.165, 1.54) is 11.8 Å². The molecular weight excluding hydrogens is 266 g/mol. The van der Waals surface area contributed by atoms with E-state index in [0.717, 1.165) is 5.56 Å². The molecule has 108 valence electrons. The highest BCUT2D eigenvalue weighted by Gasteiger charge is 2.18. The quantitative estimate of drug-likeness (QED) is 0.642.